The van der Waals surface area contributed by atoms with Crippen LogP contribution in [0.2, 0.25) is 0 Å². The maximum absolute atomic E-state index is 12.9. The largest absolute Gasteiger partial charge is 0.462 e. The van der Waals surface area contributed by atoms with Crippen molar-refractivity contribution in [3.05, 3.63) is 17.0 Å². The van der Waals surface area contributed by atoms with Crippen molar-refractivity contribution in [1.82, 2.24) is 14.6 Å². The first-order valence-electron chi connectivity index (χ1n) is 9.81. The highest BCUT2D eigenvalue weighted by molar-refractivity contribution is 7.89. The summed E-state index contributed by atoms with van der Waals surface area (Å²) in [6, 6.07) is 0.0929. The van der Waals surface area contributed by atoms with Gasteiger partial charge in [0.25, 0.3) is 0 Å². The molecule has 0 atom stereocenters. The van der Waals surface area contributed by atoms with Crippen LogP contribution in [-0.4, -0.2) is 44.1 Å². The second kappa shape index (κ2) is 9.56. The molecule has 0 aromatic carbocycles. The Kier molecular flexibility index (Phi) is 7.65. The predicted octanol–water partition coefficient (Wildman–Crippen LogP) is 1.94. The Morgan fingerprint density at radius 1 is 1.11 bits per heavy atom. The molecule has 1 amide bonds. The Bertz CT molecular complexity index is 821. The van der Waals surface area contributed by atoms with Gasteiger partial charge in [-0.05, 0) is 33.6 Å². The molecule has 9 heteroatoms. The second-order valence-electron chi connectivity index (χ2n) is 7.23. The highest BCUT2D eigenvalue weighted by atomic mass is 32.2. The summed E-state index contributed by atoms with van der Waals surface area (Å²) in [7, 11) is -2.38. The first kappa shape index (κ1) is 22.4. The maximum Gasteiger partial charge on any atom is 0.341 e. The fraction of sp³-hybridized carbons (Fsp3) is 0.684. The number of nitrogens with zero attached hydrogens (tertiary/aromatic N) is 1. The second-order valence-corrected chi connectivity index (χ2v) is 8.94. The van der Waals surface area contributed by atoms with E-state index in [0.29, 0.717) is 11.4 Å². The van der Waals surface area contributed by atoms with E-state index in [-0.39, 0.29) is 35.6 Å². The molecule has 1 aliphatic rings. The monoisotopic (exact) mass is 413 g/mol. The fourth-order valence-electron chi connectivity index (χ4n) is 3.62. The molecular weight excluding hydrogens is 382 g/mol. The maximum atomic E-state index is 12.9. The molecule has 1 heterocycles. The Morgan fingerprint density at radius 2 is 1.71 bits per heavy atom. The SMILES string of the molecule is CCOC(=O)c1c(S(=O)(=O)NCC(=O)NC2CCCCCC2)c(C)n(C)c1C. The number of carbonyl (C=O) groups excluding carboxylic acids is 2. The van der Waals surface area contributed by atoms with Crippen molar-refractivity contribution in [2.75, 3.05) is 13.2 Å². The van der Waals surface area contributed by atoms with E-state index in [0.717, 1.165) is 25.7 Å². The molecule has 2 N–H and O–H groups in total. The van der Waals surface area contributed by atoms with Crippen molar-refractivity contribution >= 4 is 21.9 Å². The molecule has 28 heavy (non-hydrogen) atoms. The number of ether oxygens (including phenoxy) is 1. The van der Waals surface area contributed by atoms with Gasteiger partial charge in [-0.1, -0.05) is 25.7 Å². The third kappa shape index (κ3) is 5.14. The molecule has 0 spiro atoms. The lowest BCUT2D eigenvalue weighted by atomic mass is 10.1. The number of esters is 1. The zero-order valence-electron chi connectivity index (χ0n) is 17.1. The van der Waals surface area contributed by atoms with Crippen LogP contribution in [0.15, 0.2) is 4.90 Å². The Morgan fingerprint density at radius 3 is 2.29 bits per heavy atom. The Labute approximate surface area is 167 Å². The van der Waals surface area contributed by atoms with E-state index in [1.54, 1.807) is 32.4 Å². The topological polar surface area (TPSA) is 106 Å². The van der Waals surface area contributed by atoms with Crippen molar-refractivity contribution in [2.24, 2.45) is 7.05 Å². The van der Waals surface area contributed by atoms with E-state index < -0.39 is 16.0 Å². The van der Waals surface area contributed by atoms with Gasteiger partial charge in [0, 0.05) is 24.5 Å². The predicted molar refractivity (Wildman–Crippen MR) is 106 cm³/mol. The minimum Gasteiger partial charge on any atom is -0.462 e. The number of amides is 1. The zero-order chi connectivity index (χ0) is 20.9. The summed E-state index contributed by atoms with van der Waals surface area (Å²) >= 11 is 0. The lowest BCUT2D eigenvalue weighted by molar-refractivity contribution is -0.120. The molecule has 1 aromatic rings. The van der Waals surface area contributed by atoms with Crippen LogP contribution >= 0.6 is 0 Å². The standard InChI is InChI=1S/C19H31N3O5S/c1-5-27-19(24)17-13(2)22(4)14(3)18(17)28(25,26)20-12-16(23)21-15-10-8-6-7-9-11-15/h15,20H,5-12H2,1-4H3,(H,21,23). The molecule has 1 saturated carbocycles. The number of carbonyl (C=O) groups is 2. The van der Waals surface area contributed by atoms with Crippen LogP contribution < -0.4 is 10.0 Å². The zero-order valence-corrected chi connectivity index (χ0v) is 17.9. The molecule has 0 saturated heterocycles. The lowest BCUT2D eigenvalue weighted by Crippen LogP contribution is -2.42. The van der Waals surface area contributed by atoms with Gasteiger partial charge in [-0.25, -0.2) is 17.9 Å². The van der Waals surface area contributed by atoms with Gasteiger partial charge in [-0.2, -0.15) is 0 Å². The van der Waals surface area contributed by atoms with Gasteiger partial charge in [-0.15, -0.1) is 0 Å². The van der Waals surface area contributed by atoms with Crippen LogP contribution in [-0.2, 0) is 26.6 Å². The van der Waals surface area contributed by atoms with Crippen LogP contribution in [0, 0.1) is 13.8 Å². The van der Waals surface area contributed by atoms with Gasteiger partial charge in [0.1, 0.15) is 10.5 Å². The summed E-state index contributed by atoms with van der Waals surface area (Å²) < 4.78 is 34.8. The smallest absolute Gasteiger partial charge is 0.341 e. The van der Waals surface area contributed by atoms with E-state index in [2.05, 4.69) is 10.0 Å². The Balaban J connectivity index is 2.15. The molecule has 8 nitrogen and oxygen atoms in total. The minimum atomic E-state index is -4.06. The summed E-state index contributed by atoms with van der Waals surface area (Å²) in [5.41, 5.74) is 0.926. The first-order valence-corrected chi connectivity index (χ1v) is 11.3. The van der Waals surface area contributed by atoms with Crippen molar-refractivity contribution in [3.8, 4) is 0 Å². The third-order valence-electron chi connectivity index (χ3n) is 5.32. The van der Waals surface area contributed by atoms with Crippen LogP contribution in [0.3, 0.4) is 0 Å². The first-order chi connectivity index (χ1) is 13.2. The highest BCUT2D eigenvalue weighted by Crippen LogP contribution is 2.26. The van der Waals surface area contributed by atoms with E-state index in [1.165, 1.54) is 12.8 Å². The lowest BCUT2D eigenvalue weighted by Gasteiger charge is -2.16. The van der Waals surface area contributed by atoms with Crippen LogP contribution in [0.25, 0.3) is 0 Å². The Hall–Kier alpha value is -1.87. The number of sulfonamides is 1. The molecule has 158 valence electrons. The van der Waals surface area contributed by atoms with E-state index in [9.17, 15) is 18.0 Å². The average Bonchev–Trinajstić information content (AvgIpc) is 2.82. The highest BCUT2D eigenvalue weighted by Gasteiger charge is 2.31. The molecule has 0 aliphatic heterocycles. The van der Waals surface area contributed by atoms with Gasteiger partial charge in [-0.3, -0.25) is 4.79 Å². The number of aromatic nitrogens is 1. The average molecular weight is 414 g/mol. The molecule has 1 aromatic heterocycles. The summed E-state index contributed by atoms with van der Waals surface area (Å²) in [4.78, 5) is 24.4. The molecule has 2 rings (SSSR count). The van der Waals surface area contributed by atoms with Gasteiger partial charge in [0.15, 0.2) is 0 Å². The summed E-state index contributed by atoms with van der Waals surface area (Å²) in [6.07, 6.45) is 6.32. The summed E-state index contributed by atoms with van der Waals surface area (Å²) in [6.45, 7) is 4.72. The normalized spacial score (nSPS) is 15.9. The van der Waals surface area contributed by atoms with Gasteiger partial charge in [0.05, 0.1) is 13.2 Å². The number of hydrogen-bond acceptors (Lipinski definition) is 5. The van der Waals surface area contributed by atoms with Crippen molar-refractivity contribution in [3.63, 3.8) is 0 Å². The minimum absolute atomic E-state index is 0.0125. The number of hydrogen-bond donors (Lipinski definition) is 2. The third-order valence-corrected chi connectivity index (χ3v) is 6.88. The quantitative estimate of drug-likeness (QED) is 0.525. The van der Waals surface area contributed by atoms with Crippen molar-refractivity contribution in [1.29, 1.82) is 0 Å². The summed E-state index contributed by atoms with van der Waals surface area (Å²) in [5, 5.41) is 2.91. The van der Waals surface area contributed by atoms with Crippen LogP contribution in [0.1, 0.15) is 67.2 Å². The van der Waals surface area contributed by atoms with E-state index in [1.807, 2.05) is 0 Å². The van der Waals surface area contributed by atoms with Gasteiger partial charge >= 0.3 is 5.97 Å². The van der Waals surface area contributed by atoms with Gasteiger partial charge in [0.2, 0.25) is 15.9 Å². The molecule has 0 radical (unpaired) electrons. The summed E-state index contributed by atoms with van der Waals surface area (Å²) in [5.74, 6) is -1.05. The molecule has 0 unspecified atom stereocenters. The number of rotatable bonds is 7. The molecule has 0 bridgehead atoms. The molecule has 1 fully saturated rings. The van der Waals surface area contributed by atoms with Crippen LogP contribution in [0.5, 0.6) is 0 Å². The van der Waals surface area contributed by atoms with Gasteiger partial charge < -0.3 is 14.6 Å². The number of nitrogens with one attached hydrogen (secondary N) is 2. The van der Waals surface area contributed by atoms with E-state index >= 15 is 0 Å². The van der Waals surface area contributed by atoms with Crippen LogP contribution in [0.4, 0.5) is 0 Å². The van der Waals surface area contributed by atoms with E-state index in [4.69, 9.17) is 4.74 Å². The molecular formula is C19H31N3O5S. The molecule has 1 aliphatic carbocycles. The van der Waals surface area contributed by atoms with Crippen molar-refractivity contribution in [2.45, 2.75) is 70.2 Å². The van der Waals surface area contributed by atoms with Crippen molar-refractivity contribution < 1.29 is 22.7 Å². The fourth-order valence-corrected chi connectivity index (χ4v) is 5.12.